The minimum absolute atomic E-state index is 0.0131. The maximum absolute atomic E-state index is 14.5. The van der Waals surface area contributed by atoms with Gasteiger partial charge in [0.05, 0.1) is 33.0 Å². The van der Waals surface area contributed by atoms with Gasteiger partial charge in [-0.25, -0.2) is 0 Å². The first kappa shape index (κ1) is 25.9. The first-order valence-electron chi connectivity index (χ1n) is 12.5. The molecule has 2 aliphatic heterocycles. The number of ether oxygens (including phenoxy) is 4. The lowest BCUT2D eigenvalue weighted by atomic mass is 9.66. The van der Waals surface area contributed by atoms with Gasteiger partial charge in [0, 0.05) is 41.2 Å². The van der Waals surface area contributed by atoms with Gasteiger partial charge in [0.2, 0.25) is 23.1 Å². The molecule has 206 valence electrons. The average molecular weight is 566 g/mol. The Balaban J connectivity index is 1.52. The summed E-state index contributed by atoms with van der Waals surface area (Å²) in [5.74, 6) is -2.50. The van der Waals surface area contributed by atoms with Crippen molar-refractivity contribution in [1.82, 2.24) is 5.32 Å². The Kier molecular flexibility index (Phi) is 5.92. The largest absolute Gasteiger partial charge is 0.497 e. The van der Waals surface area contributed by atoms with Crippen LogP contribution in [0.5, 0.6) is 23.0 Å². The van der Waals surface area contributed by atoms with Crippen molar-refractivity contribution in [3.63, 3.8) is 0 Å². The third-order valence-corrected chi connectivity index (χ3v) is 8.30. The summed E-state index contributed by atoms with van der Waals surface area (Å²) in [6.45, 7) is 1.69. The van der Waals surface area contributed by atoms with E-state index >= 15 is 0 Å². The fraction of sp³-hybridized carbons (Fsp3) is 0.310. The summed E-state index contributed by atoms with van der Waals surface area (Å²) in [6, 6.07) is 6.26. The van der Waals surface area contributed by atoms with Crippen LogP contribution >= 0.6 is 11.6 Å². The lowest BCUT2D eigenvalue weighted by Gasteiger charge is -2.41. The smallest absolute Gasteiger partial charge is 0.236 e. The number of halogens is 1. The molecule has 0 unspecified atom stereocenters. The molecular formula is C29H24ClNO9. The zero-order valence-corrected chi connectivity index (χ0v) is 22.8. The first-order chi connectivity index (χ1) is 19.2. The third-order valence-electron chi connectivity index (χ3n) is 7.94. The molecule has 1 spiro atoms. The number of Topliss-reactive ketones (excluding diaryl/α,β-unsaturated/α-hetero) is 2. The summed E-state index contributed by atoms with van der Waals surface area (Å²) in [6.07, 6.45) is 1.20. The van der Waals surface area contributed by atoms with Gasteiger partial charge in [0.25, 0.3) is 0 Å². The zero-order chi connectivity index (χ0) is 28.5. The molecule has 0 bridgehead atoms. The molecule has 10 nitrogen and oxygen atoms in total. The van der Waals surface area contributed by atoms with E-state index in [0.29, 0.717) is 17.0 Å². The quantitative estimate of drug-likeness (QED) is 0.467. The summed E-state index contributed by atoms with van der Waals surface area (Å²) in [5, 5.41) is 3.04. The maximum atomic E-state index is 14.5. The molecule has 0 fully saturated rings. The predicted octanol–water partition coefficient (Wildman–Crippen LogP) is 3.95. The number of carbonyl (C=O) groups excluding carboxylic acids is 3. The molecule has 3 aliphatic rings. The average Bonchev–Trinajstić information content (AvgIpc) is 3.26. The standard InChI is InChI=1S/C29H24ClNO9/c1-12-7-17-22(27(34)29(12)28(35)23-19(37-3)10-20(38-4)24(30)26(23)40-29)14(9-21(32)31-17)16-11-39-18-6-5-13(36-2)8-15(18)25(16)33/h5-6,8,10-12,14H,7,9H2,1-4H3,(H,31,32)/t12-,14+,29+/m1/s1. The van der Waals surface area contributed by atoms with Crippen molar-refractivity contribution in [2.75, 3.05) is 21.3 Å². The number of nitrogens with one attached hydrogen (secondary N) is 1. The van der Waals surface area contributed by atoms with Crippen molar-refractivity contribution in [2.24, 2.45) is 5.92 Å². The molecule has 6 rings (SSSR count). The fourth-order valence-corrected chi connectivity index (χ4v) is 6.21. The molecule has 0 radical (unpaired) electrons. The Morgan fingerprint density at radius 1 is 0.975 bits per heavy atom. The number of amides is 1. The normalized spacial score (nSPS) is 23.6. The van der Waals surface area contributed by atoms with Crippen molar-refractivity contribution in [3.05, 3.63) is 68.2 Å². The number of fused-ring (bicyclic) bond motifs is 2. The van der Waals surface area contributed by atoms with Gasteiger partial charge < -0.3 is 28.7 Å². The van der Waals surface area contributed by atoms with Crippen LogP contribution < -0.4 is 29.7 Å². The predicted molar refractivity (Wildman–Crippen MR) is 143 cm³/mol. The zero-order valence-electron chi connectivity index (χ0n) is 22.0. The monoisotopic (exact) mass is 565 g/mol. The Labute approximate surface area is 232 Å². The molecule has 0 saturated carbocycles. The summed E-state index contributed by atoms with van der Waals surface area (Å²) in [4.78, 5) is 55.0. The SMILES string of the molecule is COc1ccc2occ([C@@H]3CC(=O)NC4=C3C(=O)[C@@]3(Oc5c(Cl)c(OC)cc(OC)c5C3=O)[C@H](C)C4)c(=O)c2c1. The van der Waals surface area contributed by atoms with E-state index in [2.05, 4.69) is 5.32 Å². The van der Waals surface area contributed by atoms with Crippen molar-refractivity contribution >= 4 is 40.0 Å². The van der Waals surface area contributed by atoms with Gasteiger partial charge in [-0.1, -0.05) is 18.5 Å². The fourth-order valence-electron chi connectivity index (χ4n) is 5.95. The highest BCUT2D eigenvalue weighted by Crippen LogP contribution is 2.55. The molecule has 1 aromatic heterocycles. The molecule has 1 N–H and O–H groups in total. The number of methoxy groups -OCH3 is 3. The second-order valence-electron chi connectivity index (χ2n) is 9.98. The minimum Gasteiger partial charge on any atom is -0.497 e. The van der Waals surface area contributed by atoms with Crippen LogP contribution in [-0.2, 0) is 9.59 Å². The Hall–Kier alpha value is -4.31. The van der Waals surface area contributed by atoms with Crippen molar-refractivity contribution in [2.45, 2.75) is 31.3 Å². The van der Waals surface area contributed by atoms with Gasteiger partial charge in [0.15, 0.2) is 11.2 Å². The molecule has 3 heterocycles. The van der Waals surface area contributed by atoms with Gasteiger partial charge >= 0.3 is 0 Å². The third kappa shape index (κ3) is 3.41. The van der Waals surface area contributed by atoms with E-state index in [1.54, 1.807) is 19.1 Å². The topological polar surface area (TPSA) is 130 Å². The van der Waals surface area contributed by atoms with E-state index in [9.17, 15) is 19.2 Å². The number of rotatable bonds is 4. The van der Waals surface area contributed by atoms with Crippen LogP contribution in [0, 0.1) is 5.92 Å². The Morgan fingerprint density at radius 3 is 2.42 bits per heavy atom. The summed E-state index contributed by atoms with van der Waals surface area (Å²) < 4.78 is 28.0. The van der Waals surface area contributed by atoms with E-state index in [1.807, 2.05) is 0 Å². The maximum Gasteiger partial charge on any atom is 0.236 e. The Morgan fingerprint density at radius 2 is 1.73 bits per heavy atom. The number of allylic oxidation sites excluding steroid dienone is 1. The van der Waals surface area contributed by atoms with Crippen LogP contribution in [0.3, 0.4) is 0 Å². The highest BCUT2D eigenvalue weighted by Gasteiger charge is 2.63. The van der Waals surface area contributed by atoms with Crippen molar-refractivity contribution < 1.29 is 37.7 Å². The van der Waals surface area contributed by atoms with E-state index in [1.165, 1.54) is 39.7 Å². The van der Waals surface area contributed by atoms with E-state index in [-0.39, 0.29) is 63.1 Å². The molecule has 1 amide bonds. The van der Waals surface area contributed by atoms with Crippen LogP contribution in [0.15, 0.2) is 51.0 Å². The van der Waals surface area contributed by atoms with E-state index < -0.39 is 34.4 Å². The molecule has 3 aromatic rings. The lowest BCUT2D eigenvalue weighted by molar-refractivity contribution is -0.131. The molecular weight excluding hydrogens is 542 g/mol. The molecule has 2 aromatic carbocycles. The number of benzene rings is 2. The number of hydrogen-bond donors (Lipinski definition) is 1. The molecule has 1 aliphatic carbocycles. The Bertz CT molecular complexity index is 1740. The number of carbonyl (C=O) groups is 3. The van der Waals surface area contributed by atoms with Gasteiger partial charge in [0.1, 0.15) is 33.4 Å². The number of hydrogen-bond acceptors (Lipinski definition) is 9. The van der Waals surface area contributed by atoms with Crippen molar-refractivity contribution in [3.8, 4) is 23.0 Å². The second-order valence-corrected chi connectivity index (χ2v) is 10.4. The van der Waals surface area contributed by atoms with Gasteiger partial charge in [-0.15, -0.1) is 0 Å². The van der Waals surface area contributed by atoms with Crippen LogP contribution in [0.2, 0.25) is 5.02 Å². The first-order valence-corrected chi connectivity index (χ1v) is 12.9. The van der Waals surface area contributed by atoms with Crippen LogP contribution in [0.25, 0.3) is 11.0 Å². The summed E-state index contributed by atoms with van der Waals surface area (Å²) in [5.41, 5.74) is -1.46. The molecule has 3 atom stereocenters. The summed E-state index contributed by atoms with van der Waals surface area (Å²) >= 11 is 6.53. The van der Waals surface area contributed by atoms with Crippen LogP contribution in [0.4, 0.5) is 0 Å². The van der Waals surface area contributed by atoms with Crippen LogP contribution in [0.1, 0.15) is 41.6 Å². The lowest BCUT2D eigenvalue weighted by Crippen LogP contribution is -2.59. The highest BCUT2D eigenvalue weighted by atomic mass is 35.5. The molecule has 11 heteroatoms. The number of ketones is 2. The summed E-state index contributed by atoms with van der Waals surface area (Å²) in [7, 11) is 4.27. The second kappa shape index (κ2) is 9.12. The highest BCUT2D eigenvalue weighted by molar-refractivity contribution is 6.36. The van der Waals surface area contributed by atoms with Gasteiger partial charge in [-0.3, -0.25) is 19.2 Å². The molecule has 40 heavy (non-hydrogen) atoms. The van der Waals surface area contributed by atoms with E-state index in [0.717, 1.165) is 0 Å². The molecule has 0 saturated heterocycles. The van der Waals surface area contributed by atoms with E-state index in [4.69, 9.17) is 35.0 Å². The van der Waals surface area contributed by atoms with Gasteiger partial charge in [-0.2, -0.15) is 0 Å². The minimum atomic E-state index is -1.98. The van der Waals surface area contributed by atoms with Gasteiger partial charge in [-0.05, 0) is 24.6 Å². The van der Waals surface area contributed by atoms with Crippen LogP contribution in [-0.4, -0.2) is 44.4 Å². The van der Waals surface area contributed by atoms with Crippen molar-refractivity contribution in [1.29, 1.82) is 0 Å².